The Morgan fingerprint density at radius 3 is 2.43 bits per heavy atom. The van der Waals surface area contributed by atoms with Gasteiger partial charge in [0.15, 0.2) is 0 Å². The fourth-order valence-corrected chi connectivity index (χ4v) is 1.89. The predicted molar refractivity (Wildman–Crippen MR) is 87.0 cm³/mol. The first-order valence-corrected chi connectivity index (χ1v) is 7.45. The number of anilines is 1. The Labute approximate surface area is 138 Å². The Hall–Kier alpha value is -2.19. The summed E-state index contributed by atoms with van der Waals surface area (Å²) in [6, 6.07) is 4.85. The second-order valence-corrected chi connectivity index (χ2v) is 5.29. The molecule has 9 heteroatoms. The molecule has 23 heavy (non-hydrogen) atoms. The van der Waals surface area contributed by atoms with Crippen LogP contribution in [0.1, 0.15) is 12.5 Å². The van der Waals surface area contributed by atoms with Gasteiger partial charge < -0.3 is 15.7 Å². The number of urea groups is 1. The zero-order valence-corrected chi connectivity index (χ0v) is 13.6. The number of aliphatic hydroxyl groups is 1. The molecule has 0 bridgehead atoms. The van der Waals surface area contributed by atoms with E-state index in [0.717, 1.165) is 5.56 Å². The number of carbonyl (C=O) groups excluding carboxylic acids is 2. The molecule has 0 fully saturated rings. The zero-order valence-electron chi connectivity index (χ0n) is 12.8. The third-order valence-corrected chi connectivity index (χ3v) is 3.16. The van der Waals surface area contributed by atoms with Crippen LogP contribution in [0, 0.1) is 11.8 Å². The van der Waals surface area contributed by atoms with Gasteiger partial charge in [-0.05, 0) is 26.0 Å². The van der Waals surface area contributed by atoms with Crippen molar-refractivity contribution >= 4 is 29.2 Å². The molecule has 0 aliphatic rings. The Morgan fingerprint density at radius 1 is 1.35 bits per heavy atom. The molecule has 3 N–H and O–H groups in total. The van der Waals surface area contributed by atoms with E-state index in [9.17, 15) is 19.6 Å². The predicted octanol–water partition coefficient (Wildman–Crippen LogP) is 1.61. The fourth-order valence-electron chi connectivity index (χ4n) is 1.73. The lowest BCUT2D eigenvalue weighted by atomic mass is 10.1. The number of nitroso groups, excluding NO2 is 1. The first kappa shape index (κ1) is 18.9. The highest BCUT2D eigenvalue weighted by Gasteiger charge is 2.28. The summed E-state index contributed by atoms with van der Waals surface area (Å²) < 4.78 is 0. The van der Waals surface area contributed by atoms with Crippen LogP contribution in [0.15, 0.2) is 29.6 Å². The van der Waals surface area contributed by atoms with Gasteiger partial charge in [0.05, 0.1) is 17.9 Å². The van der Waals surface area contributed by atoms with Crippen LogP contribution >= 0.6 is 11.6 Å². The number of nitrogens with zero attached hydrogens (tertiary/aromatic N) is 2. The molecule has 0 saturated carbocycles. The molecule has 0 radical (unpaired) electrons. The van der Waals surface area contributed by atoms with Crippen molar-refractivity contribution in [1.29, 1.82) is 0 Å². The van der Waals surface area contributed by atoms with Crippen LogP contribution in [-0.4, -0.2) is 46.6 Å². The summed E-state index contributed by atoms with van der Waals surface area (Å²) in [6.07, 6.45) is -1.17. The Kier molecular flexibility index (Phi) is 7.43. The van der Waals surface area contributed by atoms with E-state index in [-0.39, 0.29) is 12.4 Å². The lowest BCUT2D eigenvalue weighted by molar-refractivity contribution is -0.120. The number of amides is 3. The van der Waals surface area contributed by atoms with E-state index >= 15 is 0 Å². The lowest BCUT2D eigenvalue weighted by Crippen LogP contribution is -2.53. The molecule has 0 aliphatic heterocycles. The average Bonchev–Trinajstić information content (AvgIpc) is 2.51. The van der Waals surface area contributed by atoms with Crippen LogP contribution in [0.3, 0.4) is 0 Å². The summed E-state index contributed by atoms with van der Waals surface area (Å²) in [5.41, 5.74) is 1.55. The van der Waals surface area contributed by atoms with Crippen molar-refractivity contribution in [3.63, 3.8) is 0 Å². The quantitative estimate of drug-likeness (QED) is 0.397. The fraction of sp³-hybridized carbons (Fsp3) is 0.429. The van der Waals surface area contributed by atoms with Crippen LogP contribution in [0.25, 0.3) is 0 Å². The maximum Gasteiger partial charge on any atom is 0.341 e. The smallest absolute Gasteiger partial charge is 0.341 e. The molecule has 0 saturated heterocycles. The van der Waals surface area contributed by atoms with Crippen LogP contribution in [0.5, 0.6) is 0 Å². The monoisotopic (exact) mass is 342 g/mol. The second kappa shape index (κ2) is 9.06. The molecule has 0 aromatic heterocycles. The van der Waals surface area contributed by atoms with E-state index in [1.54, 1.807) is 12.1 Å². The highest BCUT2D eigenvalue weighted by molar-refractivity contribution is 6.18. The number of aliphatic hydroxyl groups excluding tert-OH is 1. The summed E-state index contributed by atoms with van der Waals surface area (Å²) in [4.78, 5) is 34.6. The van der Waals surface area contributed by atoms with Gasteiger partial charge in [-0.3, -0.25) is 4.79 Å². The highest BCUT2D eigenvalue weighted by atomic mass is 35.5. The highest BCUT2D eigenvalue weighted by Crippen LogP contribution is 2.10. The third-order valence-electron chi connectivity index (χ3n) is 2.99. The van der Waals surface area contributed by atoms with Crippen LogP contribution in [-0.2, 0) is 4.79 Å². The van der Waals surface area contributed by atoms with E-state index in [1.165, 1.54) is 6.92 Å². The van der Waals surface area contributed by atoms with Gasteiger partial charge in [-0.2, -0.15) is 5.01 Å². The Balaban J connectivity index is 2.76. The lowest BCUT2D eigenvalue weighted by Gasteiger charge is -2.22. The number of benzene rings is 1. The number of rotatable bonds is 7. The van der Waals surface area contributed by atoms with Crippen molar-refractivity contribution < 1.29 is 14.7 Å². The van der Waals surface area contributed by atoms with Gasteiger partial charge >= 0.3 is 6.03 Å². The molecule has 0 spiro atoms. The topological polar surface area (TPSA) is 111 Å². The summed E-state index contributed by atoms with van der Waals surface area (Å²) in [6.45, 7) is 3.14. The molecule has 126 valence electrons. The molecular formula is C14H19ClN4O4. The van der Waals surface area contributed by atoms with Gasteiger partial charge in [0.1, 0.15) is 6.04 Å². The molecule has 8 nitrogen and oxygen atoms in total. The molecule has 1 aromatic carbocycles. The van der Waals surface area contributed by atoms with Crippen molar-refractivity contribution in [3.8, 4) is 0 Å². The van der Waals surface area contributed by atoms with Gasteiger partial charge in [0.2, 0.25) is 5.91 Å². The van der Waals surface area contributed by atoms with Crippen molar-refractivity contribution in [2.45, 2.75) is 26.0 Å². The standard InChI is InChI=1S/C14H19ClN4O4/c1-9-3-5-11(6-4-9)16-13(21)12(10(2)20)17-14(22)19(18-23)8-7-15/h3-6,10,12,20H,7-8H2,1-2H3,(H,16,21)(H,17,22). The first-order chi connectivity index (χ1) is 10.9. The molecule has 0 aliphatic carbocycles. The van der Waals surface area contributed by atoms with Crippen LogP contribution in [0.2, 0.25) is 0 Å². The number of carbonyl (C=O) groups is 2. The SMILES string of the molecule is Cc1ccc(NC(=O)C(NC(=O)N(CCCl)N=O)C(C)O)cc1. The summed E-state index contributed by atoms with van der Waals surface area (Å²) in [5, 5.41) is 17.6. The average molecular weight is 343 g/mol. The maximum absolute atomic E-state index is 12.2. The van der Waals surface area contributed by atoms with Gasteiger partial charge in [-0.1, -0.05) is 17.7 Å². The summed E-state index contributed by atoms with van der Waals surface area (Å²) in [5.74, 6) is -0.609. The van der Waals surface area contributed by atoms with Crippen molar-refractivity contribution in [1.82, 2.24) is 10.3 Å². The van der Waals surface area contributed by atoms with Gasteiger partial charge in [-0.25, -0.2) is 4.79 Å². The van der Waals surface area contributed by atoms with E-state index in [4.69, 9.17) is 11.6 Å². The minimum Gasteiger partial charge on any atom is -0.391 e. The Bertz CT molecular complexity index is 550. The molecule has 3 amide bonds. The van der Waals surface area contributed by atoms with Gasteiger partial charge in [0, 0.05) is 11.6 Å². The number of halogens is 1. The number of hydrogen-bond acceptors (Lipinski definition) is 5. The second-order valence-electron chi connectivity index (χ2n) is 4.92. The van der Waals surface area contributed by atoms with Crippen LogP contribution < -0.4 is 10.6 Å². The van der Waals surface area contributed by atoms with E-state index < -0.39 is 24.1 Å². The minimum atomic E-state index is -1.25. The number of hydrogen-bond donors (Lipinski definition) is 3. The zero-order chi connectivity index (χ0) is 17.4. The first-order valence-electron chi connectivity index (χ1n) is 6.92. The van der Waals surface area contributed by atoms with E-state index in [0.29, 0.717) is 10.7 Å². The summed E-state index contributed by atoms with van der Waals surface area (Å²) >= 11 is 5.45. The van der Waals surface area contributed by atoms with Crippen molar-refractivity contribution in [2.24, 2.45) is 5.29 Å². The number of nitrogens with one attached hydrogen (secondary N) is 2. The molecule has 2 unspecified atom stereocenters. The van der Waals surface area contributed by atoms with E-state index in [2.05, 4.69) is 15.9 Å². The summed E-state index contributed by atoms with van der Waals surface area (Å²) in [7, 11) is 0. The molecule has 1 rings (SSSR count). The largest absolute Gasteiger partial charge is 0.391 e. The molecule has 2 atom stereocenters. The van der Waals surface area contributed by atoms with Crippen molar-refractivity contribution in [2.75, 3.05) is 17.7 Å². The Morgan fingerprint density at radius 2 is 1.96 bits per heavy atom. The number of aryl methyl sites for hydroxylation is 1. The maximum atomic E-state index is 12.2. The molecule has 0 heterocycles. The van der Waals surface area contributed by atoms with Crippen LogP contribution in [0.4, 0.5) is 10.5 Å². The minimum absolute atomic E-state index is 0.00800. The number of alkyl halides is 1. The normalized spacial score (nSPS) is 12.9. The third kappa shape index (κ3) is 5.84. The van der Waals surface area contributed by atoms with Crippen molar-refractivity contribution in [3.05, 3.63) is 34.7 Å². The molecule has 1 aromatic rings. The van der Waals surface area contributed by atoms with Gasteiger partial charge in [-0.15, -0.1) is 16.5 Å². The van der Waals surface area contributed by atoms with Gasteiger partial charge in [0.25, 0.3) is 0 Å². The van der Waals surface area contributed by atoms with E-state index in [1.807, 2.05) is 19.1 Å². The molecular weight excluding hydrogens is 324 g/mol.